The van der Waals surface area contributed by atoms with Gasteiger partial charge >= 0.3 is 5.97 Å². The minimum absolute atomic E-state index is 0.000619. The molecule has 0 unspecified atom stereocenters. The molecule has 0 spiro atoms. The van der Waals surface area contributed by atoms with E-state index in [4.69, 9.17) is 4.74 Å². The first-order valence-corrected chi connectivity index (χ1v) is 8.12. The van der Waals surface area contributed by atoms with Crippen molar-refractivity contribution in [1.82, 2.24) is 4.90 Å². The standard InChI is InChI=1S/C19H18F3NO3/c1-26-13-4-2-3-11(7-13)14-9-23(10-15(14)19(24)25)8-12-5-6-16(20)18(22)17(12)21/h2-7,14-15H,8-10H2,1H3,(H,24,25)/t14-,15+/m0/s1. The minimum Gasteiger partial charge on any atom is -0.497 e. The van der Waals surface area contributed by atoms with Gasteiger partial charge < -0.3 is 9.84 Å². The summed E-state index contributed by atoms with van der Waals surface area (Å²) in [7, 11) is 1.53. The highest BCUT2D eigenvalue weighted by atomic mass is 19.2. The van der Waals surface area contributed by atoms with Crippen molar-refractivity contribution in [2.24, 2.45) is 5.92 Å². The van der Waals surface area contributed by atoms with Crippen molar-refractivity contribution >= 4 is 5.97 Å². The number of ether oxygens (including phenoxy) is 1. The van der Waals surface area contributed by atoms with Gasteiger partial charge in [-0.25, -0.2) is 13.2 Å². The lowest BCUT2D eigenvalue weighted by Crippen LogP contribution is -2.23. The maximum atomic E-state index is 13.9. The molecule has 4 nitrogen and oxygen atoms in total. The maximum Gasteiger partial charge on any atom is 0.308 e. The lowest BCUT2D eigenvalue weighted by Gasteiger charge is -2.17. The van der Waals surface area contributed by atoms with Gasteiger partial charge in [-0.2, -0.15) is 0 Å². The average molecular weight is 365 g/mol. The molecule has 2 aromatic carbocycles. The summed E-state index contributed by atoms with van der Waals surface area (Å²) >= 11 is 0. The van der Waals surface area contributed by atoms with E-state index in [1.165, 1.54) is 13.2 Å². The van der Waals surface area contributed by atoms with Crippen LogP contribution in [-0.2, 0) is 11.3 Å². The van der Waals surface area contributed by atoms with Crippen LogP contribution in [0.25, 0.3) is 0 Å². The molecule has 1 N–H and O–H groups in total. The first-order valence-electron chi connectivity index (χ1n) is 8.12. The average Bonchev–Trinajstić information content (AvgIpc) is 3.06. The Bertz CT molecular complexity index is 828. The number of carboxylic acid groups (broad SMARTS) is 1. The van der Waals surface area contributed by atoms with E-state index >= 15 is 0 Å². The Balaban J connectivity index is 1.83. The van der Waals surface area contributed by atoms with Gasteiger partial charge in [0.1, 0.15) is 5.75 Å². The van der Waals surface area contributed by atoms with Crippen molar-refractivity contribution in [1.29, 1.82) is 0 Å². The van der Waals surface area contributed by atoms with Gasteiger partial charge in [0.2, 0.25) is 0 Å². The van der Waals surface area contributed by atoms with Crippen LogP contribution >= 0.6 is 0 Å². The molecule has 0 aliphatic carbocycles. The number of likely N-dealkylation sites (tertiary alicyclic amines) is 1. The second-order valence-electron chi connectivity index (χ2n) is 6.36. The van der Waals surface area contributed by atoms with Crippen LogP contribution in [0.5, 0.6) is 5.75 Å². The third-order valence-electron chi connectivity index (χ3n) is 4.74. The van der Waals surface area contributed by atoms with Crippen LogP contribution in [0.2, 0.25) is 0 Å². The van der Waals surface area contributed by atoms with E-state index in [9.17, 15) is 23.1 Å². The van der Waals surface area contributed by atoms with Crippen molar-refractivity contribution in [3.63, 3.8) is 0 Å². The second kappa shape index (κ2) is 7.37. The van der Waals surface area contributed by atoms with Gasteiger partial charge in [0.05, 0.1) is 13.0 Å². The Labute approximate surface area is 148 Å². The fourth-order valence-corrected chi connectivity index (χ4v) is 3.40. The highest BCUT2D eigenvalue weighted by Gasteiger charge is 2.38. The molecule has 138 valence electrons. The number of nitrogens with zero attached hydrogens (tertiary/aromatic N) is 1. The zero-order valence-electron chi connectivity index (χ0n) is 14.1. The van der Waals surface area contributed by atoms with Gasteiger partial charge in [-0.15, -0.1) is 0 Å². The highest BCUT2D eigenvalue weighted by molar-refractivity contribution is 5.72. The van der Waals surface area contributed by atoms with Gasteiger partial charge in [-0.1, -0.05) is 18.2 Å². The fourth-order valence-electron chi connectivity index (χ4n) is 3.40. The zero-order chi connectivity index (χ0) is 18.8. The molecule has 0 aromatic heterocycles. The summed E-state index contributed by atoms with van der Waals surface area (Å²) in [5.41, 5.74) is 0.810. The smallest absolute Gasteiger partial charge is 0.308 e. The van der Waals surface area contributed by atoms with Crippen LogP contribution in [0.15, 0.2) is 36.4 Å². The molecule has 0 radical (unpaired) electrons. The summed E-state index contributed by atoms with van der Waals surface area (Å²) in [6.45, 7) is 0.561. The first kappa shape index (κ1) is 18.3. The van der Waals surface area contributed by atoms with E-state index in [0.717, 1.165) is 11.6 Å². The first-order chi connectivity index (χ1) is 12.4. The van der Waals surface area contributed by atoms with E-state index in [0.29, 0.717) is 12.3 Å². The summed E-state index contributed by atoms with van der Waals surface area (Å²) in [5.74, 6) is -5.32. The van der Waals surface area contributed by atoms with Crippen LogP contribution in [0.4, 0.5) is 13.2 Å². The number of hydrogen-bond donors (Lipinski definition) is 1. The zero-order valence-corrected chi connectivity index (χ0v) is 14.1. The van der Waals surface area contributed by atoms with Gasteiger partial charge in [-0.3, -0.25) is 9.69 Å². The molecule has 26 heavy (non-hydrogen) atoms. The lowest BCUT2D eigenvalue weighted by atomic mass is 9.89. The number of hydrogen-bond acceptors (Lipinski definition) is 3. The Kier molecular flexibility index (Phi) is 5.18. The number of benzene rings is 2. The number of carbonyl (C=O) groups is 1. The summed E-state index contributed by atoms with van der Waals surface area (Å²) in [6.07, 6.45) is 0. The van der Waals surface area contributed by atoms with Crippen molar-refractivity contribution in [3.05, 3.63) is 65.0 Å². The maximum absolute atomic E-state index is 13.9. The lowest BCUT2D eigenvalue weighted by molar-refractivity contribution is -0.141. The Morgan fingerprint density at radius 2 is 1.96 bits per heavy atom. The number of methoxy groups -OCH3 is 1. The molecule has 0 saturated carbocycles. The van der Waals surface area contributed by atoms with Crippen molar-refractivity contribution in [2.45, 2.75) is 12.5 Å². The molecular formula is C19H18F3NO3. The molecule has 1 fully saturated rings. The van der Waals surface area contributed by atoms with Crippen LogP contribution in [0, 0.1) is 23.4 Å². The largest absolute Gasteiger partial charge is 0.497 e. The Morgan fingerprint density at radius 3 is 2.65 bits per heavy atom. The molecule has 7 heteroatoms. The fraction of sp³-hybridized carbons (Fsp3) is 0.316. The van der Waals surface area contributed by atoms with Crippen molar-refractivity contribution in [2.75, 3.05) is 20.2 Å². The molecule has 0 bridgehead atoms. The van der Waals surface area contributed by atoms with Crippen molar-refractivity contribution in [3.8, 4) is 5.75 Å². The van der Waals surface area contributed by atoms with Crippen LogP contribution in [0.1, 0.15) is 17.0 Å². The van der Waals surface area contributed by atoms with Gasteiger partial charge in [0.15, 0.2) is 17.5 Å². The minimum atomic E-state index is -1.51. The quantitative estimate of drug-likeness (QED) is 0.825. The van der Waals surface area contributed by atoms with E-state index in [1.54, 1.807) is 23.1 Å². The number of aliphatic carboxylic acids is 1. The molecule has 2 aromatic rings. The molecule has 2 atom stereocenters. The van der Waals surface area contributed by atoms with E-state index in [1.807, 2.05) is 6.07 Å². The summed E-state index contributed by atoms with van der Waals surface area (Å²) < 4.78 is 45.6. The monoisotopic (exact) mass is 365 g/mol. The Morgan fingerprint density at radius 1 is 1.19 bits per heavy atom. The third kappa shape index (κ3) is 3.53. The van der Waals surface area contributed by atoms with E-state index < -0.39 is 29.3 Å². The van der Waals surface area contributed by atoms with Crippen LogP contribution in [0.3, 0.4) is 0 Å². The van der Waals surface area contributed by atoms with Gasteiger partial charge in [-0.05, 0) is 23.8 Å². The summed E-state index contributed by atoms with van der Waals surface area (Å²) in [4.78, 5) is 13.4. The van der Waals surface area contributed by atoms with Crippen molar-refractivity contribution < 1.29 is 27.8 Å². The second-order valence-corrected chi connectivity index (χ2v) is 6.36. The molecule has 1 saturated heterocycles. The SMILES string of the molecule is COc1cccc([C@@H]2CN(Cc3ccc(F)c(F)c3F)C[C@H]2C(=O)O)c1. The predicted molar refractivity (Wildman–Crippen MR) is 88.5 cm³/mol. The molecule has 1 aliphatic heterocycles. The number of halogens is 3. The predicted octanol–water partition coefficient (Wildman–Crippen LogP) is 3.41. The van der Waals surface area contributed by atoms with Crippen LogP contribution < -0.4 is 4.74 Å². The number of rotatable bonds is 5. The Hall–Kier alpha value is -2.54. The molecular weight excluding hydrogens is 347 g/mol. The molecule has 1 heterocycles. The molecule has 1 aliphatic rings. The van der Waals surface area contributed by atoms with E-state index in [-0.39, 0.29) is 24.6 Å². The molecule has 3 rings (SSSR count). The van der Waals surface area contributed by atoms with Gasteiger partial charge in [0.25, 0.3) is 0 Å². The number of carboxylic acids is 1. The van der Waals surface area contributed by atoms with E-state index in [2.05, 4.69) is 0 Å². The summed E-state index contributed by atoms with van der Waals surface area (Å²) in [5, 5.41) is 9.55. The topological polar surface area (TPSA) is 49.8 Å². The summed E-state index contributed by atoms with van der Waals surface area (Å²) in [6, 6.07) is 9.21. The highest BCUT2D eigenvalue weighted by Crippen LogP contribution is 2.35. The van der Waals surface area contributed by atoms with Gasteiger partial charge in [0, 0.05) is 31.1 Å². The van der Waals surface area contributed by atoms with Crippen LogP contribution in [-0.4, -0.2) is 36.2 Å². The molecule has 0 amide bonds. The normalized spacial score (nSPS) is 20.3. The third-order valence-corrected chi connectivity index (χ3v) is 4.74.